The molecule has 1 atom stereocenters. The minimum Gasteiger partial charge on any atom is -0.443 e. The summed E-state index contributed by atoms with van der Waals surface area (Å²) >= 11 is 0. The highest BCUT2D eigenvalue weighted by Gasteiger charge is 2.39. The molecule has 37 heavy (non-hydrogen) atoms. The van der Waals surface area contributed by atoms with Gasteiger partial charge >= 0.3 is 6.09 Å². The van der Waals surface area contributed by atoms with Crippen molar-refractivity contribution in [2.24, 2.45) is 0 Å². The molecule has 1 aliphatic heterocycles. The molecule has 3 aromatic rings. The number of ether oxygens (including phenoxy) is 1. The number of hydrogen-bond acceptors (Lipinski definition) is 6. The van der Waals surface area contributed by atoms with Crippen LogP contribution in [-0.4, -0.2) is 62.9 Å². The molecule has 0 radical (unpaired) electrons. The van der Waals surface area contributed by atoms with E-state index < -0.39 is 28.6 Å². The minimum absolute atomic E-state index is 0.0400. The molecule has 1 aromatic heterocycles. The van der Waals surface area contributed by atoms with Gasteiger partial charge in [0.2, 0.25) is 5.91 Å². The molecule has 2 heterocycles. The summed E-state index contributed by atoms with van der Waals surface area (Å²) in [7, 11) is 3.06. The van der Waals surface area contributed by atoms with E-state index in [1.165, 1.54) is 45.8 Å². The standard InChI is InChI=1S/C27H28N4O6/c1-27(2,3)37-26(34)30-16-18(23-19(30)12-9-13-20(23)31(35)36)15-22-25(33)28(4)21(24(32)29(22)5)14-17-10-7-6-8-11-17/h6-13,15-16,21H,14H2,1-5H3. The SMILES string of the molecule is CN1C(=O)C(Cc2ccccc2)N(C)C(=O)C1=Cc1cn(C(=O)OC(C)(C)C)c2cccc([N+](=O)[O-])c12. The van der Waals surface area contributed by atoms with E-state index in [4.69, 9.17) is 4.74 Å². The highest BCUT2D eigenvalue weighted by molar-refractivity contribution is 6.09. The zero-order valence-corrected chi connectivity index (χ0v) is 21.3. The molecule has 0 spiro atoms. The van der Waals surface area contributed by atoms with E-state index in [1.54, 1.807) is 33.9 Å². The highest BCUT2D eigenvalue weighted by Crippen LogP contribution is 2.34. The van der Waals surface area contributed by atoms with Crippen molar-refractivity contribution in [2.75, 3.05) is 14.1 Å². The Morgan fingerprint density at radius 3 is 2.38 bits per heavy atom. The third-order valence-electron chi connectivity index (χ3n) is 6.17. The Morgan fingerprint density at radius 2 is 1.76 bits per heavy atom. The summed E-state index contributed by atoms with van der Waals surface area (Å²) < 4.78 is 6.65. The quantitative estimate of drug-likeness (QED) is 0.299. The number of carbonyl (C=O) groups is 3. The highest BCUT2D eigenvalue weighted by atomic mass is 16.6. The monoisotopic (exact) mass is 504 g/mol. The van der Waals surface area contributed by atoms with Crippen molar-refractivity contribution in [3.05, 3.63) is 81.7 Å². The predicted octanol–water partition coefficient (Wildman–Crippen LogP) is 4.22. The molecule has 1 fully saturated rings. The van der Waals surface area contributed by atoms with Crippen molar-refractivity contribution in [2.45, 2.75) is 38.8 Å². The van der Waals surface area contributed by atoms with Gasteiger partial charge < -0.3 is 14.5 Å². The molecule has 10 heteroatoms. The Hall–Kier alpha value is -4.47. The number of benzene rings is 2. The fourth-order valence-corrected chi connectivity index (χ4v) is 4.36. The van der Waals surface area contributed by atoms with Crippen LogP contribution in [0.5, 0.6) is 0 Å². The maximum Gasteiger partial charge on any atom is 0.419 e. The van der Waals surface area contributed by atoms with Gasteiger partial charge in [-0.1, -0.05) is 36.4 Å². The molecule has 1 saturated heterocycles. The number of hydrogen-bond donors (Lipinski definition) is 0. The Morgan fingerprint density at radius 1 is 1.08 bits per heavy atom. The van der Waals surface area contributed by atoms with Crippen molar-refractivity contribution in [1.82, 2.24) is 14.4 Å². The predicted molar refractivity (Wildman–Crippen MR) is 138 cm³/mol. The second-order valence-electron chi connectivity index (χ2n) is 9.91. The van der Waals surface area contributed by atoms with Gasteiger partial charge in [-0.15, -0.1) is 0 Å². The summed E-state index contributed by atoms with van der Waals surface area (Å²) in [5.74, 6) is -0.706. The summed E-state index contributed by atoms with van der Waals surface area (Å²) in [6, 6.07) is 13.1. The van der Waals surface area contributed by atoms with E-state index in [2.05, 4.69) is 0 Å². The molecule has 4 rings (SSSR count). The average Bonchev–Trinajstić information content (AvgIpc) is 3.21. The number of fused-ring (bicyclic) bond motifs is 1. The van der Waals surface area contributed by atoms with E-state index in [0.29, 0.717) is 6.42 Å². The van der Waals surface area contributed by atoms with E-state index in [-0.39, 0.29) is 33.8 Å². The maximum atomic E-state index is 13.4. The first-order chi connectivity index (χ1) is 17.4. The van der Waals surface area contributed by atoms with Gasteiger partial charge in [0.25, 0.3) is 11.6 Å². The molecule has 2 amide bonds. The Bertz CT molecular complexity index is 1430. The lowest BCUT2D eigenvalue weighted by Gasteiger charge is -2.38. The summed E-state index contributed by atoms with van der Waals surface area (Å²) in [6.45, 7) is 5.14. The molecular formula is C27H28N4O6. The third-order valence-corrected chi connectivity index (χ3v) is 6.17. The van der Waals surface area contributed by atoms with Crippen molar-refractivity contribution >= 4 is 40.6 Å². The lowest BCUT2D eigenvalue weighted by molar-refractivity contribution is -0.383. The number of nitrogens with zero attached hydrogens (tertiary/aromatic N) is 4. The molecule has 0 saturated carbocycles. The molecule has 10 nitrogen and oxygen atoms in total. The summed E-state index contributed by atoms with van der Waals surface area (Å²) in [6.07, 6.45) is 2.43. The van der Waals surface area contributed by atoms with Gasteiger partial charge in [0.05, 0.1) is 15.8 Å². The number of rotatable bonds is 4. The lowest BCUT2D eigenvalue weighted by atomic mass is 10.00. The van der Waals surface area contributed by atoms with Gasteiger partial charge in [0, 0.05) is 38.3 Å². The normalized spacial score (nSPS) is 17.5. The van der Waals surface area contributed by atoms with Crippen LogP contribution < -0.4 is 0 Å². The van der Waals surface area contributed by atoms with Crippen LogP contribution in [0.25, 0.3) is 17.0 Å². The number of likely N-dealkylation sites (N-methyl/N-ethyl adjacent to an activating group) is 2. The molecule has 0 N–H and O–H groups in total. The largest absolute Gasteiger partial charge is 0.443 e. The molecule has 192 valence electrons. The van der Waals surface area contributed by atoms with Crippen molar-refractivity contribution in [3.8, 4) is 0 Å². The van der Waals surface area contributed by atoms with E-state index in [1.807, 2.05) is 30.3 Å². The van der Waals surface area contributed by atoms with E-state index in [9.17, 15) is 24.5 Å². The number of nitro groups is 1. The Kier molecular flexibility index (Phi) is 6.60. The zero-order valence-electron chi connectivity index (χ0n) is 21.3. The van der Waals surface area contributed by atoms with E-state index in [0.717, 1.165) is 5.56 Å². The van der Waals surface area contributed by atoms with Crippen LogP contribution in [0.1, 0.15) is 31.9 Å². The number of nitro benzene ring substituents is 1. The van der Waals surface area contributed by atoms with Gasteiger partial charge in [0.15, 0.2) is 0 Å². The molecular weight excluding hydrogens is 476 g/mol. The van der Waals surface area contributed by atoms with Gasteiger partial charge in [0.1, 0.15) is 17.3 Å². The van der Waals surface area contributed by atoms with Crippen LogP contribution >= 0.6 is 0 Å². The van der Waals surface area contributed by atoms with Gasteiger partial charge in [-0.2, -0.15) is 0 Å². The second kappa shape index (κ2) is 9.53. The summed E-state index contributed by atoms with van der Waals surface area (Å²) in [5.41, 5.74) is 0.416. The topological polar surface area (TPSA) is 115 Å². The lowest BCUT2D eigenvalue weighted by Crippen LogP contribution is -2.56. The average molecular weight is 505 g/mol. The van der Waals surface area contributed by atoms with Gasteiger partial charge in [-0.25, -0.2) is 4.79 Å². The fraction of sp³-hybridized carbons (Fsp3) is 0.296. The van der Waals surface area contributed by atoms with E-state index >= 15 is 0 Å². The van der Waals surface area contributed by atoms with Crippen molar-refractivity contribution in [3.63, 3.8) is 0 Å². The van der Waals surface area contributed by atoms with Crippen molar-refractivity contribution in [1.29, 1.82) is 0 Å². The minimum atomic E-state index is -0.796. The van der Waals surface area contributed by atoms with Crippen LogP contribution in [0.3, 0.4) is 0 Å². The Balaban J connectivity index is 1.80. The van der Waals surface area contributed by atoms with Crippen LogP contribution in [0.15, 0.2) is 60.4 Å². The summed E-state index contributed by atoms with van der Waals surface area (Å²) in [4.78, 5) is 53.5. The number of piperazine rings is 1. The molecule has 0 bridgehead atoms. The summed E-state index contributed by atoms with van der Waals surface area (Å²) in [5, 5.41) is 12.0. The van der Waals surface area contributed by atoms with Crippen molar-refractivity contribution < 1.29 is 24.0 Å². The smallest absolute Gasteiger partial charge is 0.419 e. The van der Waals surface area contributed by atoms with Crippen LogP contribution in [0.4, 0.5) is 10.5 Å². The molecule has 0 aliphatic carbocycles. The first-order valence-corrected chi connectivity index (χ1v) is 11.7. The third kappa shape index (κ3) is 4.95. The van der Waals surface area contributed by atoms with Crippen LogP contribution in [0, 0.1) is 10.1 Å². The molecule has 1 aliphatic rings. The van der Waals surface area contributed by atoms with Crippen LogP contribution in [-0.2, 0) is 20.7 Å². The molecule has 2 aromatic carbocycles. The zero-order chi connectivity index (χ0) is 27.1. The second-order valence-corrected chi connectivity index (χ2v) is 9.91. The number of non-ortho nitro benzene ring substituents is 1. The van der Waals surface area contributed by atoms with Gasteiger partial charge in [-0.05, 0) is 38.5 Å². The number of carbonyl (C=O) groups excluding carboxylic acids is 3. The first kappa shape index (κ1) is 25.6. The molecule has 1 unspecified atom stereocenters. The first-order valence-electron chi connectivity index (χ1n) is 11.7. The number of amides is 2. The fourth-order valence-electron chi connectivity index (χ4n) is 4.36. The maximum absolute atomic E-state index is 13.4. The Labute approximate surface area is 213 Å². The van der Waals surface area contributed by atoms with Gasteiger partial charge in [-0.3, -0.25) is 24.3 Å². The number of aromatic nitrogens is 1. The van der Waals surface area contributed by atoms with Crippen LogP contribution in [0.2, 0.25) is 0 Å².